The molecule has 59 valence electrons. The van der Waals surface area contributed by atoms with Crippen molar-refractivity contribution in [3.63, 3.8) is 0 Å². The van der Waals surface area contributed by atoms with E-state index in [-0.39, 0.29) is 0 Å². The lowest BCUT2D eigenvalue weighted by Gasteiger charge is -2.01. The number of benzene rings is 1. The maximum absolute atomic E-state index is 5.08. The summed E-state index contributed by atoms with van der Waals surface area (Å²) in [6.45, 7) is 2.12. The minimum absolute atomic E-state index is 0.923. The number of methoxy groups -OCH3 is 1. The molecular weight excluding hydrogens is 136 g/mol. The topological polar surface area (TPSA) is 9.23 Å². The van der Waals surface area contributed by atoms with Gasteiger partial charge in [0.2, 0.25) is 0 Å². The molecule has 0 N–H and O–H groups in total. The molecule has 0 bridgehead atoms. The summed E-state index contributed by atoms with van der Waals surface area (Å²) in [5.41, 5.74) is 1.23. The van der Waals surface area contributed by atoms with Crippen LogP contribution in [-0.2, 0) is 0 Å². The average molecular weight is 149 g/mol. The zero-order chi connectivity index (χ0) is 8.10. The van der Waals surface area contributed by atoms with E-state index in [1.54, 1.807) is 7.11 Å². The zero-order valence-corrected chi connectivity index (χ0v) is 7.00. The predicted octanol–water partition coefficient (Wildman–Crippen LogP) is 2.66. The van der Waals surface area contributed by atoms with Crippen LogP contribution in [0, 0.1) is 6.42 Å². The second-order valence-corrected chi connectivity index (χ2v) is 2.39. The van der Waals surface area contributed by atoms with Gasteiger partial charge >= 0.3 is 0 Å². The van der Waals surface area contributed by atoms with Crippen LogP contribution in [0.2, 0.25) is 0 Å². The van der Waals surface area contributed by atoms with Crippen molar-refractivity contribution in [1.82, 2.24) is 0 Å². The van der Waals surface area contributed by atoms with Gasteiger partial charge in [-0.1, -0.05) is 19.1 Å². The third-order valence-corrected chi connectivity index (χ3v) is 1.53. The van der Waals surface area contributed by atoms with E-state index in [1.165, 1.54) is 5.56 Å². The second-order valence-electron chi connectivity index (χ2n) is 2.39. The molecule has 1 heteroatoms. The number of hydrogen-bond acceptors (Lipinski definition) is 1. The van der Waals surface area contributed by atoms with Gasteiger partial charge in [-0.25, -0.2) is 0 Å². The largest absolute Gasteiger partial charge is 0.497 e. The van der Waals surface area contributed by atoms with E-state index < -0.39 is 0 Å². The molecule has 0 aliphatic carbocycles. The molecule has 0 amide bonds. The van der Waals surface area contributed by atoms with Gasteiger partial charge in [0, 0.05) is 0 Å². The van der Waals surface area contributed by atoms with E-state index in [9.17, 15) is 0 Å². The SMILES string of the molecule is CC[CH]c1cccc(OC)c1. The molecule has 11 heavy (non-hydrogen) atoms. The normalized spacial score (nSPS) is 9.64. The summed E-state index contributed by atoms with van der Waals surface area (Å²) in [7, 11) is 1.69. The van der Waals surface area contributed by atoms with Gasteiger partial charge in [-0.3, -0.25) is 0 Å². The Morgan fingerprint density at radius 2 is 2.27 bits per heavy atom. The lowest BCUT2D eigenvalue weighted by Crippen LogP contribution is -1.84. The highest BCUT2D eigenvalue weighted by molar-refractivity contribution is 5.32. The average Bonchev–Trinajstić information content (AvgIpc) is 2.06. The molecule has 0 spiro atoms. The Labute approximate surface area is 68.0 Å². The highest BCUT2D eigenvalue weighted by Gasteiger charge is 1.93. The lowest BCUT2D eigenvalue weighted by molar-refractivity contribution is 0.414. The molecule has 0 aliphatic rings. The maximum atomic E-state index is 5.08. The van der Waals surface area contributed by atoms with E-state index in [0.29, 0.717) is 0 Å². The van der Waals surface area contributed by atoms with Crippen LogP contribution in [-0.4, -0.2) is 7.11 Å². The molecule has 1 aromatic rings. The fourth-order valence-corrected chi connectivity index (χ4v) is 1.00. The van der Waals surface area contributed by atoms with Crippen molar-refractivity contribution in [2.45, 2.75) is 13.3 Å². The second kappa shape index (κ2) is 4.02. The molecule has 0 saturated heterocycles. The van der Waals surface area contributed by atoms with Crippen LogP contribution in [0.3, 0.4) is 0 Å². The van der Waals surface area contributed by atoms with Gasteiger partial charge in [0.15, 0.2) is 0 Å². The van der Waals surface area contributed by atoms with Gasteiger partial charge in [0.25, 0.3) is 0 Å². The lowest BCUT2D eigenvalue weighted by atomic mass is 10.1. The van der Waals surface area contributed by atoms with Crippen molar-refractivity contribution in [2.24, 2.45) is 0 Å². The van der Waals surface area contributed by atoms with Gasteiger partial charge in [-0.05, 0) is 30.5 Å². The first-order chi connectivity index (χ1) is 5.36. The molecule has 0 saturated carbocycles. The first-order valence-electron chi connectivity index (χ1n) is 3.84. The van der Waals surface area contributed by atoms with Crippen molar-refractivity contribution in [1.29, 1.82) is 0 Å². The highest BCUT2D eigenvalue weighted by Crippen LogP contribution is 2.14. The van der Waals surface area contributed by atoms with Crippen LogP contribution in [0.5, 0.6) is 5.75 Å². The van der Waals surface area contributed by atoms with E-state index in [2.05, 4.69) is 19.4 Å². The predicted molar refractivity (Wildman–Crippen MR) is 46.7 cm³/mol. The molecule has 0 fully saturated rings. The summed E-state index contributed by atoms with van der Waals surface area (Å²) in [5.74, 6) is 0.923. The van der Waals surface area contributed by atoms with Gasteiger partial charge in [-0.15, -0.1) is 0 Å². The van der Waals surface area contributed by atoms with Gasteiger partial charge in [0.05, 0.1) is 7.11 Å². The summed E-state index contributed by atoms with van der Waals surface area (Å²) in [6.07, 6.45) is 3.23. The van der Waals surface area contributed by atoms with Crippen molar-refractivity contribution >= 4 is 0 Å². The van der Waals surface area contributed by atoms with E-state index in [0.717, 1.165) is 12.2 Å². The van der Waals surface area contributed by atoms with Crippen molar-refractivity contribution in [3.05, 3.63) is 36.2 Å². The zero-order valence-electron chi connectivity index (χ0n) is 7.00. The van der Waals surface area contributed by atoms with Crippen LogP contribution >= 0.6 is 0 Å². The number of hydrogen-bond donors (Lipinski definition) is 0. The molecule has 0 aromatic heterocycles. The standard InChI is InChI=1S/C10H13O/c1-3-5-9-6-4-7-10(8-9)11-2/h4-8H,3H2,1-2H3. The first-order valence-corrected chi connectivity index (χ1v) is 3.84. The van der Waals surface area contributed by atoms with Crippen molar-refractivity contribution in [2.75, 3.05) is 7.11 Å². The summed E-state index contributed by atoms with van der Waals surface area (Å²) in [4.78, 5) is 0. The third kappa shape index (κ3) is 2.26. The maximum Gasteiger partial charge on any atom is 0.119 e. The molecule has 1 rings (SSSR count). The van der Waals surface area contributed by atoms with Gasteiger partial charge in [0.1, 0.15) is 5.75 Å². The fraction of sp³-hybridized carbons (Fsp3) is 0.300. The Morgan fingerprint density at radius 1 is 1.45 bits per heavy atom. The monoisotopic (exact) mass is 149 g/mol. The minimum atomic E-state index is 0.923. The van der Waals surface area contributed by atoms with Crippen LogP contribution in [0.4, 0.5) is 0 Å². The Balaban J connectivity index is 2.74. The molecular formula is C10H13O. The van der Waals surface area contributed by atoms with Crippen molar-refractivity contribution < 1.29 is 4.74 Å². The molecule has 1 nitrogen and oxygen atoms in total. The molecule has 1 radical (unpaired) electrons. The molecule has 0 aliphatic heterocycles. The Hall–Kier alpha value is -0.980. The van der Waals surface area contributed by atoms with Crippen LogP contribution in [0.15, 0.2) is 24.3 Å². The van der Waals surface area contributed by atoms with E-state index in [1.807, 2.05) is 18.2 Å². The van der Waals surface area contributed by atoms with Crippen LogP contribution in [0.25, 0.3) is 0 Å². The third-order valence-electron chi connectivity index (χ3n) is 1.53. The fourth-order valence-electron chi connectivity index (χ4n) is 1.00. The number of rotatable bonds is 3. The van der Waals surface area contributed by atoms with Crippen LogP contribution < -0.4 is 4.74 Å². The molecule has 0 heterocycles. The Bertz CT molecular complexity index is 218. The molecule has 0 unspecified atom stereocenters. The quantitative estimate of drug-likeness (QED) is 0.642. The van der Waals surface area contributed by atoms with E-state index >= 15 is 0 Å². The first kappa shape index (κ1) is 8.12. The Kier molecular flexibility index (Phi) is 2.96. The van der Waals surface area contributed by atoms with Crippen LogP contribution in [0.1, 0.15) is 18.9 Å². The van der Waals surface area contributed by atoms with Gasteiger partial charge < -0.3 is 4.74 Å². The smallest absolute Gasteiger partial charge is 0.119 e. The molecule has 1 aromatic carbocycles. The summed E-state index contributed by atoms with van der Waals surface area (Å²) in [6, 6.07) is 8.06. The summed E-state index contributed by atoms with van der Waals surface area (Å²) in [5, 5.41) is 0. The molecule has 0 atom stereocenters. The highest BCUT2D eigenvalue weighted by atomic mass is 16.5. The summed E-state index contributed by atoms with van der Waals surface area (Å²) < 4.78 is 5.08. The van der Waals surface area contributed by atoms with E-state index in [4.69, 9.17) is 4.74 Å². The van der Waals surface area contributed by atoms with Crippen molar-refractivity contribution in [3.8, 4) is 5.75 Å². The minimum Gasteiger partial charge on any atom is -0.497 e. The Morgan fingerprint density at radius 3 is 2.91 bits per heavy atom. The summed E-state index contributed by atoms with van der Waals surface area (Å²) >= 11 is 0. The number of ether oxygens (including phenoxy) is 1. The van der Waals surface area contributed by atoms with Gasteiger partial charge in [-0.2, -0.15) is 0 Å².